The lowest BCUT2D eigenvalue weighted by Crippen LogP contribution is -2.57. The SMILES string of the molecule is CCCCOC(=O)C1(Cc2ccccc2)CN(C(=O)OC(C)(C)C)CCC1=O. The number of hydrogen-bond donors (Lipinski definition) is 0. The molecule has 0 spiro atoms. The zero-order valence-corrected chi connectivity index (χ0v) is 17.3. The fraction of sp³-hybridized carbons (Fsp3) is 0.591. The monoisotopic (exact) mass is 389 g/mol. The summed E-state index contributed by atoms with van der Waals surface area (Å²) in [5.74, 6) is -0.735. The number of piperidine rings is 1. The summed E-state index contributed by atoms with van der Waals surface area (Å²) in [7, 11) is 0. The first-order valence-electron chi connectivity index (χ1n) is 9.90. The Kier molecular flexibility index (Phi) is 7.22. The quantitative estimate of drug-likeness (QED) is 0.421. The van der Waals surface area contributed by atoms with Crippen molar-refractivity contribution < 1.29 is 23.9 Å². The fourth-order valence-corrected chi connectivity index (χ4v) is 3.25. The highest BCUT2D eigenvalue weighted by Crippen LogP contribution is 2.33. The first-order chi connectivity index (χ1) is 13.2. The van der Waals surface area contributed by atoms with Crippen molar-refractivity contribution in [3.05, 3.63) is 35.9 Å². The van der Waals surface area contributed by atoms with Gasteiger partial charge in [0.2, 0.25) is 0 Å². The number of unbranched alkanes of at least 4 members (excludes halogenated alkanes) is 1. The van der Waals surface area contributed by atoms with Crippen LogP contribution in [-0.2, 0) is 25.5 Å². The predicted molar refractivity (Wildman–Crippen MR) is 106 cm³/mol. The fourth-order valence-electron chi connectivity index (χ4n) is 3.25. The molecule has 0 aromatic heterocycles. The average molecular weight is 389 g/mol. The summed E-state index contributed by atoms with van der Waals surface area (Å²) < 4.78 is 10.9. The third-order valence-corrected chi connectivity index (χ3v) is 4.73. The predicted octanol–water partition coefficient (Wildman–Crippen LogP) is 3.77. The lowest BCUT2D eigenvalue weighted by molar-refractivity contribution is -0.164. The van der Waals surface area contributed by atoms with E-state index in [-0.39, 0.29) is 38.3 Å². The van der Waals surface area contributed by atoms with Gasteiger partial charge in [-0.15, -0.1) is 0 Å². The maximum absolute atomic E-state index is 13.0. The van der Waals surface area contributed by atoms with E-state index in [1.54, 1.807) is 20.8 Å². The molecule has 0 aliphatic carbocycles. The lowest BCUT2D eigenvalue weighted by atomic mass is 9.74. The van der Waals surface area contributed by atoms with Crippen LogP contribution in [0.25, 0.3) is 0 Å². The van der Waals surface area contributed by atoms with Gasteiger partial charge in [-0.1, -0.05) is 43.7 Å². The number of hydrogen-bond acceptors (Lipinski definition) is 5. The van der Waals surface area contributed by atoms with E-state index in [1.165, 1.54) is 4.90 Å². The molecule has 1 unspecified atom stereocenters. The lowest BCUT2D eigenvalue weighted by Gasteiger charge is -2.40. The van der Waals surface area contributed by atoms with Gasteiger partial charge in [0.15, 0.2) is 5.78 Å². The summed E-state index contributed by atoms with van der Waals surface area (Å²) >= 11 is 0. The number of likely N-dealkylation sites (tertiary alicyclic amines) is 1. The Morgan fingerprint density at radius 3 is 2.46 bits per heavy atom. The van der Waals surface area contributed by atoms with Crippen LogP contribution in [0.5, 0.6) is 0 Å². The van der Waals surface area contributed by atoms with Gasteiger partial charge in [-0.3, -0.25) is 9.59 Å². The number of benzene rings is 1. The highest BCUT2D eigenvalue weighted by atomic mass is 16.6. The third-order valence-electron chi connectivity index (χ3n) is 4.73. The highest BCUT2D eigenvalue weighted by molar-refractivity contribution is 6.05. The van der Waals surface area contributed by atoms with Crippen molar-refractivity contribution >= 4 is 17.8 Å². The average Bonchev–Trinajstić information content (AvgIpc) is 2.63. The van der Waals surface area contributed by atoms with Crippen LogP contribution >= 0.6 is 0 Å². The van der Waals surface area contributed by atoms with Crippen LogP contribution in [0, 0.1) is 5.41 Å². The molecule has 1 aromatic rings. The Bertz CT molecular complexity index is 695. The van der Waals surface area contributed by atoms with E-state index in [2.05, 4.69) is 0 Å². The molecule has 1 atom stereocenters. The van der Waals surface area contributed by atoms with Gasteiger partial charge in [-0.2, -0.15) is 0 Å². The number of rotatable bonds is 6. The van der Waals surface area contributed by atoms with Crippen molar-refractivity contribution in [1.82, 2.24) is 4.90 Å². The van der Waals surface area contributed by atoms with Crippen LogP contribution < -0.4 is 0 Å². The summed E-state index contributed by atoms with van der Waals surface area (Å²) in [6, 6.07) is 9.36. The topological polar surface area (TPSA) is 72.9 Å². The zero-order chi connectivity index (χ0) is 20.8. The molecule has 28 heavy (non-hydrogen) atoms. The summed E-state index contributed by atoms with van der Waals surface area (Å²) in [4.78, 5) is 40.0. The Morgan fingerprint density at radius 1 is 1.18 bits per heavy atom. The summed E-state index contributed by atoms with van der Waals surface area (Å²) in [6.07, 6.45) is 1.42. The van der Waals surface area contributed by atoms with Crippen molar-refractivity contribution in [2.45, 2.75) is 59.0 Å². The Labute approximate surface area is 167 Å². The molecule has 0 N–H and O–H groups in total. The molecule has 1 aliphatic heterocycles. The van der Waals surface area contributed by atoms with Gasteiger partial charge in [-0.05, 0) is 39.2 Å². The Hall–Kier alpha value is -2.37. The standard InChI is InChI=1S/C22H31NO5/c1-5-6-14-27-19(25)22(15-17-10-8-7-9-11-17)16-23(13-12-18(22)24)20(26)28-21(2,3)4/h7-11H,5-6,12-16H2,1-4H3. The van der Waals surface area contributed by atoms with Gasteiger partial charge in [0.1, 0.15) is 11.0 Å². The molecule has 1 fully saturated rings. The Morgan fingerprint density at radius 2 is 1.86 bits per heavy atom. The molecule has 2 rings (SSSR count). The number of amides is 1. The molecule has 0 saturated carbocycles. The van der Waals surface area contributed by atoms with Crippen LogP contribution in [0.2, 0.25) is 0 Å². The van der Waals surface area contributed by atoms with E-state index in [1.807, 2.05) is 37.3 Å². The first-order valence-corrected chi connectivity index (χ1v) is 9.90. The van der Waals surface area contributed by atoms with Crippen molar-refractivity contribution in [1.29, 1.82) is 0 Å². The van der Waals surface area contributed by atoms with Gasteiger partial charge in [-0.25, -0.2) is 4.79 Å². The van der Waals surface area contributed by atoms with Crippen LogP contribution in [0.15, 0.2) is 30.3 Å². The third kappa shape index (κ3) is 5.57. The van der Waals surface area contributed by atoms with E-state index in [0.29, 0.717) is 0 Å². The molecular weight excluding hydrogens is 358 g/mol. The Balaban J connectivity index is 2.30. The van der Waals surface area contributed by atoms with Gasteiger partial charge in [0.25, 0.3) is 0 Å². The molecular formula is C22H31NO5. The maximum atomic E-state index is 13.0. The minimum Gasteiger partial charge on any atom is -0.465 e. The first kappa shape index (κ1) is 21.9. The van der Waals surface area contributed by atoms with Crippen molar-refractivity contribution in [2.24, 2.45) is 5.41 Å². The minimum absolute atomic E-state index is 0.0272. The molecule has 1 aliphatic rings. The number of esters is 1. The van der Waals surface area contributed by atoms with E-state index >= 15 is 0 Å². The number of Topliss-reactive ketones (excluding diaryl/α,β-unsaturated/α-hetero) is 1. The van der Waals surface area contributed by atoms with Gasteiger partial charge in [0.05, 0.1) is 6.61 Å². The van der Waals surface area contributed by atoms with Crippen LogP contribution in [-0.4, -0.2) is 48.0 Å². The van der Waals surface area contributed by atoms with E-state index < -0.39 is 23.1 Å². The molecule has 0 radical (unpaired) electrons. The smallest absolute Gasteiger partial charge is 0.410 e. The second kappa shape index (κ2) is 9.22. The molecule has 6 nitrogen and oxygen atoms in total. The molecule has 0 bridgehead atoms. The largest absolute Gasteiger partial charge is 0.465 e. The van der Waals surface area contributed by atoms with E-state index in [0.717, 1.165) is 18.4 Å². The summed E-state index contributed by atoms with van der Waals surface area (Å²) in [5, 5.41) is 0. The molecule has 154 valence electrons. The number of carbonyl (C=O) groups excluding carboxylic acids is 3. The van der Waals surface area contributed by atoms with Crippen LogP contribution in [0.1, 0.15) is 52.5 Å². The number of nitrogens with zero attached hydrogens (tertiary/aromatic N) is 1. The number of carbonyl (C=O) groups is 3. The highest BCUT2D eigenvalue weighted by Gasteiger charge is 2.51. The molecule has 1 heterocycles. The van der Waals surface area contributed by atoms with E-state index in [9.17, 15) is 14.4 Å². The number of ketones is 1. The van der Waals surface area contributed by atoms with Gasteiger partial charge >= 0.3 is 12.1 Å². The van der Waals surface area contributed by atoms with Crippen molar-refractivity contribution in [2.75, 3.05) is 19.7 Å². The van der Waals surface area contributed by atoms with Crippen LogP contribution in [0.4, 0.5) is 4.79 Å². The summed E-state index contributed by atoms with van der Waals surface area (Å²) in [6.45, 7) is 7.85. The van der Waals surface area contributed by atoms with Gasteiger partial charge < -0.3 is 14.4 Å². The minimum atomic E-state index is -1.40. The zero-order valence-electron chi connectivity index (χ0n) is 17.3. The molecule has 1 amide bonds. The van der Waals surface area contributed by atoms with Crippen molar-refractivity contribution in [3.8, 4) is 0 Å². The summed E-state index contributed by atoms with van der Waals surface area (Å²) in [5.41, 5.74) is -1.19. The van der Waals surface area contributed by atoms with Crippen LogP contribution in [0.3, 0.4) is 0 Å². The van der Waals surface area contributed by atoms with Gasteiger partial charge in [0, 0.05) is 19.5 Å². The van der Waals surface area contributed by atoms with Crippen molar-refractivity contribution in [3.63, 3.8) is 0 Å². The maximum Gasteiger partial charge on any atom is 0.410 e. The molecule has 1 saturated heterocycles. The second-order valence-corrected chi connectivity index (χ2v) is 8.31. The van der Waals surface area contributed by atoms with E-state index in [4.69, 9.17) is 9.47 Å². The normalized spacial score (nSPS) is 20.0. The number of ether oxygens (including phenoxy) is 2. The second-order valence-electron chi connectivity index (χ2n) is 8.31. The molecule has 1 aromatic carbocycles. The molecule has 6 heteroatoms.